The molecular weight excluding hydrogens is 201 g/mol. The van der Waals surface area contributed by atoms with Crippen molar-refractivity contribution in [3.8, 4) is 0 Å². The summed E-state index contributed by atoms with van der Waals surface area (Å²) >= 11 is 3.16. The minimum atomic E-state index is -0.859. The second kappa shape index (κ2) is 3.15. The van der Waals surface area contributed by atoms with Crippen LogP contribution in [-0.2, 0) is 0 Å². The summed E-state index contributed by atoms with van der Waals surface area (Å²) in [6.07, 6.45) is -0.798. The van der Waals surface area contributed by atoms with Gasteiger partial charge in [-0.2, -0.15) is 0 Å². The average molecular weight is 212 g/mol. The number of alkyl halides is 2. The van der Waals surface area contributed by atoms with Gasteiger partial charge in [0.2, 0.25) is 0 Å². The highest BCUT2D eigenvalue weighted by molar-refractivity contribution is 9.09. The van der Waals surface area contributed by atoms with Crippen LogP contribution in [0.2, 0.25) is 0 Å². The molecule has 0 aromatic rings. The monoisotopic (exact) mass is 211 g/mol. The zero-order chi connectivity index (χ0) is 7.72. The summed E-state index contributed by atoms with van der Waals surface area (Å²) in [7, 11) is 0. The molecule has 3 N–H and O–H groups in total. The van der Waals surface area contributed by atoms with Crippen LogP contribution in [0, 0.1) is 0 Å². The Labute approximate surface area is 67.7 Å². The smallest absolute Gasteiger partial charge is 0.103 e. The summed E-state index contributed by atoms with van der Waals surface area (Å²) in [5.41, 5.74) is 5.44. The van der Waals surface area contributed by atoms with Gasteiger partial charge in [-0.25, -0.2) is 4.39 Å². The zero-order valence-corrected chi connectivity index (χ0v) is 7.09. The van der Waals surface area contributed by atoms with E-state index in [-0.39, 0.29) is 11.2 Å². The van der Waals surface area contributed by atoms with E-state index in [1.807, 2.05) is 0 Å². The van der Waals surface area contributed by atoms with Crippen LogP contribution >= 0.6 is 15.9 Å². The Bertz CT molecular complexity index is 112. The topological polar surface area (TPSA) is 46.2 Å². The molecule has 4 heteroatoms. The predicted molar refractivity (Wildman–Crippen MR) is 40.8 cm³/mol. The SMILES string of the molecule is NC1CC(F)CC(Br)C1O. The van der Waals surface area contributed by atoms with Crippen LogP contribution in [0.25, 0.3) is 0 Å². The largest absolute Gasteiger partial charge is 0.390 e. The van der Waals surface area contributed by atoms with Crippen molar-refractivity contribution in [1.29, 1.82) is 0 Å². The summed E-state index contributed by atoms with van der Waals surface area (Å²) < 4.78 is 12.6. The average Bonchev–Trinajstić information content (AvgIpc) is 1.82. The Morgan fingerprint density at radius 3 is 2.60 bits per heavy atom. The van der Waals surface area contributed by atoms with Crippen LogP contribution in [0.5, 0.6) is 0 Å². The molecule has 1 aliphatic carbocycles. The fraction of sp³-hybridized carbons (Fsp3) is 1.00. The van der Waals surface area contributed by atoms with Crippen molar-refractivity contribution in [2.24, 2.45) is 5.73 Å². The lowest BCUT2D eigenvalue weighted by Crippen LogP contribution is -2.47. The molecule has 0 aromatic carbocycles. The van der Waals surface area contributed by atoms with E-state index >= 15 is 0 Å². The molecule has 4 unspecified atom stereocenters. The fourth-order valence-electron chi connectivity index (χ4n) is 1.18. The highest BCUT2D eigenvalue weighted by Crippen LogP contribution is 2.25. The lowest BCUT2D eigenvalue weighted by Gasteiger charge is -2.30. The second-order valence-electron chi connectivity index (χ2n) is 2.74. The molecule has 0 radical (unpaired) electrons. The molecule has 0 amide bonds. The third-order valence-electron chi connectivity index (χ3n) is 1.82. The van der Waals surface area contributed by atoms with E-state index in [9.17, 15) is 9.50 Å². The normalized spacial score (nSPS) is 49.2. The molecule has 4 atom stereocenters. The van der Waals surface area contributed by atoms with E-state index in [0.717, 1.165) is 0 Å². The molecule has 1 aliphatic rings. The first-order chi connectivity index (χ1) is 4.61. The van der Waals surface area contributed by atoms with Crippen molar-refractivity contribution >= 4 is 15.9 Å². The fourth-order valence-corrected chi connectivity index (χ4v) is 1.98. The van der Waals surface area contributed by atoms with Crippen LogP contribution < -0.4 is 5.73 Å². The number of rotatable bonds is 0. The Hall–Kier alpha value is 0.330. The molecule has 0 spiro atoms. The van der Waals surface area contributed by atoms with Crippen LogP contribution in [0.4, 0.5) is 4.39 Å². The Kier molecular flexibility index (Phi) is 2.66. The second-order valence-corrected chi connectivity index (χ2v) is 3.92. The summed E-state index contributed by atoms with van der Waals surface area (Å²) in [5.74, 6) is 0. The van der Waals surface area contributed by atoms with Crippen LogP contribution in [0.3, 0.4) is 0 Å². The van der Waals surface area contributed by atoms with Gasteiger partial charge in [-0.3, -0.25) is 0 Å². The van der Waals surface area contributed by atoms with Gasteiger partial charge in [0.15, 0.2) is 0 Å². The lowest BCUT2D eigenvalue weighted by molar-refractivity contribution is 0.0820. The van der Waals surface area contributed by atoms with Gasteiger partial charge in [0.05, 0.1) is 6.10 Å². The number of hydrogen-bond donors (Lipinski definition) is 2. The van der Waals surface area contributed by atoms with Crippen LogP contribution in [0.15, 0.2) is 0 Å². The summed E-state index contributed by atoms with van der Waals surface area (Å²) in [4.78, 5) is -0.175. The van der Waals surface area contributed by atoms with Crippen LogP contribution in [0.1, 0.15) is 12.8 Å². The molecular formula is C6H11BrFNO. The van der Waals surface area contributed by atoms with Gasteiger partial charge in [0.1, 0.15) is 6.17 Å². The van der Waals surface area contributed by atoms with Crippen molar-refractivity contribution in [2.45, 2.75) is 36.0 Å². The minimum Gasteiger partial charge on any atom is -0.390 e. The summed E-state index contributed by atoms with van der Waals surface area (Å²) in [6, 6.07) is -0.409. The van der Waals surface area contributed by atoms with Crippen molar-refractivity contribution in [3.05, 3.63) is 0 Å². The standard InChI is InChI=1S/C6H11BrFNO/c7-4-1-3(8)2-5(9)6(4)10/h3-6,10H,1-2,9H2. The van der Waals surface area contributed by atoms with E-state index in [2.05, 4.69) is 15.9 Å². The molecule has 0 aromatic heterocycles. The maximum absolute atomic E-state index is 12.6. The Balaban J connectivity index is 2.49. The number of nitrogens with two attached hydrogens (primary N) is 1. The van der Waals surface area contributed by atoms with E-state index in [1.54, 1.807) is 0 Å². The highest BCUT2D eigenvalue weighted by atomic mass is 79.9. The molecule has 60 valence electrons. The quantitative estimate of drug-likeness (QED) is 0.576. The van der Waals surface area contributed by atoms with Gasteiger partial charge in [0.25, 0.3) is 0 Å². The van der Waals surface area contributed by atoms with Gasteiger partial charge in [-0.15, -0.1) is 0 Å². The highest BCUT2D eigenvalue weighted by Gasteiger charge is 2.33. The van der Waals surface area contributed by atoms with Gasteiger partial charge in [-0.1, -0.05) is 15.9 Å². The molecule has 0 heterocycles. The third-order valence-corrected chi connectivity index (χ3v) is 2.73. The van der Waals surface area contributed by atoms with Crippen LogP contribution in [-0.4, -0.2) is 28.3 Å². The zero-order valence-electron chi connectivity index (χ0n) is 5.50. The maximum Gasteiger partial charge on any atom is 0.103 e. The Morgan fingerprint density at radius 2 is 2.10 bits per heavy atom. The number of aliphatic hydroxyl groups is 1. The number of aliphatic hydroxyl groups excluding tert-OH is 1. The molecule has 2 nitrogen and oxygen atoms in total. The third kappa shape index (κ3) is 1.68. The molecule has 0 saturated heterocycles. The Morgan fingerprint density at radius 1 is 1.50 bits per heavy atom. The predicted octanol–water partition coefficient (Wildman–Crippen LogP) is 0.570. The van der Waals surface area contributed by atoms with Crippen molar-refractivity contribution < 1.29 is 9.50 Å². The summed E-state index contributed by atoms with van der Waals surface area (Å²) in [5, 5.41) is 9.23. The first-order valence-corrected chi connectivity index (χ1v) is 4.24. The van der Waals surface area contributed by atoms with Gasteiger partial charge >= 0.3 is 0 Å². The van der Waals surface area contributed by atoms with E-state index in [4.69, 9.17) is 5.73 Å². The molecule has 0 bridgehead atoms. The molecule has 1 rings (SSSR count). The first kappa shape index (κ1) is 8.43. The van der Waals surface area contributed by atoms with E-state index < -0.39 is 18.3 Å². The number of hydrogen-bond acceptors (Lipinski definition) is 2. The molecule has 1 saturated carbocycles. The summed E-state index contributed by atoms with van der Waals surface area (Å²) in [6.45, 7) is 0. The van der Waals surface area contributed by atoms with E-state index in [1.165, 1.54) is 0 Å². The molecule has 1 fully saturated rings. The molecule has 0 aliphatic heterocycles. The molecule has 10 heavy (non-hydrogen) atoms. The van der Waals surface area contributed by atoms with Crippen molar-refractivity contribution in [3.63, 3.8) is 0 Å². The van der Waals surface area contributed by atoms with Gasteiger partial charge < -0.3 is 10.8 Å². The van der Waals surface area contributed by atoms with Gasteiger partial charge in [0, 0.05) is 10.9 Å². The van der Waals surface area contributed by atoms with Crippen molar-refractivity contribution in [2.75, 3.05) is 0 Å². The number of halogens is 2. The first-order valence-electron chi connectivity index (χ1n) is 3.33. The van der Waals surface area contributed by atoms with Crippen molar-refractivity contribution in [1.82, 2.24) is 0 Å². The minimum absolute atomic E-state index is 0.175. The van der Waals surface area contributed by atoms with E-state index in [0.29, 0.717) is 6.42 Å². The lowest BCUT2D eigenvalue weighted by atomic mass is 9.92. The maximum atomic E-state index is 12.6. The van der Waals surface area contributed by atoms with Gasteiger partial charge in [-0.05, 0) is 12.8 Å².